The smallest absolute Gasteiger partial charge is 0.315 e. The molecule has 0 saturated heterocycles. The van der Waals surface area contributed by atoms with Gasteiger partial charge in [0.15, 0.2) is 5.82 Å². The van der Waals surface area contributed by atoms with Gasteiger partial charge in [0.2, 0.25) is 0 Å². The molecule has 0 atom stereocenters. The first-order valence-electron chi connectivity index (χ1n) is 5.84. The third kappa shape index (κ3) is 2.73. The Kier molecular flexibility index (Phi) is 3.41. The van der Waals surface area contributed by atoms with Gasteiger partial charge in [-0.3, -0.25) is 4.79 Å². The molecule has 108 valence electrons. The van der Waals surface area contributed by atoms with E-state index in [9.17, 15) is 18.0 Å². The molecule has 0 aliphatic heterocycles. The lowest BCUT2D eigenvalue weighted by Crippen LogP contribution is -2.24. The van der Waals surface area contributed by atoms with E-state index in [1.807, 2.05) is 0 Å². The highest BCUT2D eigenvalue weighted by Gasteiger charge is 2.30. The highest BCUT2D eigenvalue weighted by molar-refractivity contribution is 5.54. The molecule has 5 nitrogen and oxygen atoms in total. The maximum atomic E-state index is 12.5. The molecule has 0 spiro atoms. The molecule has 0 aliphatic carbocycles. The summed E-state index contributed by atoms with van der Waals surface area (Å²) in [6.07, 6.45) is -4.43. The van der Waals surface area contributed by atoms with Crippen LogP contribution in [0, 0.1) is 13.8 Å². The van der Waals surface area contributed by atoms with Gasteiger partial charge in [-0.2, -0.15) is 18.3 Å². The molecule has 2 aromatic heterocycles. The summed E-state index contributed by atoms with van der Waals surface area (Å²) in [5.74, 6) is 0.118. The molecule has 2 rings (SSSR count). The molecular formula is C12H13F3N4O. The molecule has 0 saturated carbocycles. The van der Waals surface area contributed by atoms with Gasteiger partial charge in [0.05, 0.1) is 5.56 Å². The average Bonchev–Trinajstić information content (AvgIpc) is 2.65. The number of pyridine rings is 1. The summed E-state index contributed by atoms with van der Waals surface area (Å²) in [5, 5.41) is 3.70. The normalized spacial score (nSPS) is 11.9. The van der Waals surface area contributed by atoms with Crippen LogP contribution in [0.4, 0.5) is 13.2 Å². The fraction of sp³-hybridized carbons (Fsp3) is 0.417. The largest absolute Gasteiger partial charge is 0.408 e. The van der Waals surface area contributed by atoms with Crippen molar-refractivity contribution in [3.63, 3.8) is 0 Å². The third-order valence-electron chi connectivity index (χ3n) is 2.90. The van der Waals surface area contributed by atoms with Gasteiger partial charge in [0.25, 0.3) is 5.56 Å². The van der Waals surface area contributed by atoms with Gasteiger partial charge in [-0.15, -0.1) is 0 Å². The minimum absolute atomic E-state index is 0.0691. The number of aromatic nitrogens is 4. The zero-order valence-electron chi connectivity index (χ0n) is 11.2. The predicted molar refractivity (Wildman–Crippen MR) is 66.2 cm³/mol. The fourth-order valence-electron chi connectivity index (χ4n) is 1.83. The van der Waals surface area contributed by atoms with Crippen LogP contribution in [0.5, 0.6) is 0 Å². The molecule has 0 fully saturated rings. The van der Waals surface area contributed by atoms with E-state index >= 15 is 0 Å². The van der Waals surface area contributed by atoms with Crippen LogP contribution in [0.2, 0.25) is 0 Å². The van der Waals surface area contributed by atoms with Crippen LogP contribution in [-0.2, 0) is 13.6 Å². The minimum Gasteiger partial charge on any atom is -0.315 e. The van der Waals surface area contributed by atoms with E-state index in [2.05, 4.69) is 10.1 Å². The lowest BCUT2D eigenvalue weighted by atomic mass is 10.2. The van der Waals surface area contributed by atoms with Crippen molar-refractivity contribution in [2.75, 3.05) is 0 Å². The topological polar surface area (TPSA) is 52.7 Å². The van der Waals surface area contributed by atoms with E-state index in [4.69, 9.17) is 0 Å². The van der Waals surface area contributed by atoms with Crippen LogP contribution in [0.25, 0.3) is 11.4 Å². The first kappa shape index (κ1) is 14.3. The minimum atomic E-state index is -4.43. The van der Waals surface area contributed by atoms with Gasteiger partial charge < -0.3 is 4.57 Å². The second-order valence-electron chi connectivity index (χ2n) is 4.51. The molecule has 8 heteroatoms. The van der Waals surface area contributed by atoms with E-state index in [-0.39, 0.29) is 17.2 Å². The maximum absolute atomic E-state index is 12.5. The Hall–Kier alpha value is -2.12. The molecule has 0 aliphatic rings. The fourth-order valence-corrected chi connectivity index (χ4v) is 1.83. The summed E-state index contributed by atoms with van der Waals surface area (Å²) >= 11 is 0. The van der Waals surface area contributed by atoms with Crippen LogP contribution >= 0.6 is 0 Å². The van der Waals surface area contributed by atoms with Gasteiger partial charge in [-0.25, -0.2) is 9.67 Å². The molecule has 0 amide bonds. The van der Waals surface area contributed by atoms with Crippen LogP contribution in [-0.4, -0.2) is 25.5 Å². The average molecular weight is 286 g/mol. The Bertz CT molecular complexity index is 700. The van der Waals surface area contributed by atoms with E-state index in [1.165, 1.54) is 17.6 Å². The first-order chi connectivity index (χ1) is 9.19. The summed E-state index contributed by atoms with van der Waals surface area (Å²) in [5.41, 5.74) is 0.404. The zero-order valence-corrected chi connectivity index (χ0v) is 11.2. The highest BCUT2D eigenvalue weighted by Crippen LogP contribution is 2.21. The summed E-state index contributed by atoms with van der Waals surface area (Å²) in [6, 6.07) is 3.12. The predicted octanol–water partition coefficient (Wildman–Crippen LogP) is 1.82. The second-order valence-corrected chi connectivity index (χ2v) is 4.51. The van der Waals surface area contributed by atoms with Crippen molar-refractivity contribution in [3.8, 4) is 11.4 Å². The molecule has 20 heavy (non-hydrogen) atoms. The van der Waals surface area contributed by atoms with Gasteiger partial charge in [0.1, 0.15) is 12.4 Å². The Morgan fingerprint density at radius 3 is 2.50 bits per heavy atom. The van der Waals surface area contributed by atoms with Gasteiger partial charge in [0, 0.05) is 12.7 Å². The molecule has 0 N–H and O–H groups in total. The Labute approximate surface area is 112 Å². The summed E-state index contributed by atoms with van der Waals surface area (Å²) in [6.45, 7) is 1.94. The Morgan fingerprint density at radius 1 is 1.25 bits per heavy atom. The van der Waals surface area contributed by atoms with Crippen molar-refractivity contribution in [1.82, 2.24) is 19.3 Å². The van der Waals surface area contributed by atoms with Crippen LogP contribution < -0.4 is 5.56 Å². The first-order valence-corrected chi connectivity index (χ1v) is 5.84. The molecule has 0 bridgehead atoms. The van der Waals surface area contributed by atoms with Crippen molar-refractivity contribution in [2.24, 2.45) is 7.05 Å². The zero-order chi connectivity index (χ0) is 15.1. The SMILES string of the molecule is Cc1nc(-c2ccc(C)n(C)c2=O)n(CC(F)(F)F)n1. The second kappa shape index (κ2) is 4.77. The highest BCUT2D eigenvalue weighted by atomic mass is 19.4. The summed E-state index contributed by atoms with van der Waals surface area (Å²) in [7, 11) is 1.55. The molecule has 0 radical (unpaired) electrons. The quantitative estimate of drug-likeness (QED) is 0.846. The van der Waals surface area contributed by atoms with E-state index in [0.717, 1.165) is 0 Å². The summed E-state index contributed by atoms with van der Waals surface area (Å²) in [4.78, 5) is 16.1. The molecule has 2 aromatic rings. The number of aryl methyl sites for hydroxylation is 2. The molecule has 2 heterocycles. The number of hydrogen-bond acceptors (Lipinski definition) is 3. The van der Waals surface area contributed by atoms with Crippen molar-refractivity contribution in [1.29, 1.82) is 0 Å². The van der Waals surface area contributed by atoms with E-state index in [0.29, 0.717) is 10.4 Å². The van der Waals surface area contributed by atoms with Gasteiger partial charge >= 0.3 is 6.18 Å². The number of nitrogens with zero attached hydrogens (tertiary/aromatic N) is 4. The van der Waals surface area contributed by atoms with E-state index in [1.54, 1.807) is 20.0 Å². The standard InChI is InChI=1S/C12H13F3N4O/c1-7-4-5-9(11(20)18(7)3)10-16-8(2)17-19(10)6-12(13,14)15/h4-5H,6H2,1-3H3. The summed E-state index contributed by atoms with van der Waals surface area (Å²) < 4.78 is 39.6. The van der Waals surface area contributed by atoms with Gasteiger partial charge in [-0.05, 0) is 26.0 Å². The van der Waals surface area contributed by atoms with E-state index < -0.39 is 18.3 Å². The van der Waals surface area contributed by atoms with Gasteiger partial charge in [-0.1, -0.05) is 0 Å². The molecular weight excluding hydrogens is 273 g/mol. The lowest BCUT2D eigenvalue weighted by Gasteiger charge is -2.10. The van der Waals surface area contributed by atoms with Crippen LogP contribution in [0.15, 0.2) is 16.9 Å². The van der Waals surface area contributed by atoms with Crippen molar-refractivity contribution < 1.29 is 13.2 Å². The lowest BCUT2D eigenvalue weighted by molar-refractivity contribution is -0.142. The maximum Gasteiger partial charge on any atom is 0.408 e. The van der Waals surface area contributed by atoms with Crippen molar-refractivity contribution in [3.05, 3.63) is 34.0 Å². The number of hydrogen-bond donors (Lipinski definition) is 0. The number of alkyl halides is 3. The van der Waals surface area contributed by atoms with Crippen molar-refractivity contribution >= 4 is 0 Å². The molecule has 0 unspecified atom stereocenters. The Balaban J connectivity index is 2.59. The third-order valence-corrected chi connectivity index (χ3v) is 2.90. The number of rotatable bonds is 2. The van der Waals surface area contributed by atoms with Crippen molar-refractivity contribution in [2.45, 2.75) is 26.6 Å². The molecule has 0 aromatic carbocycles. The Morgan fingerprint density at radius 2 is 1.90 bits per heavy atom. The van der Waals surface area contributed by atoms with Crippen LogP contribution in [0.3, 0.4) is 0 Å². The number of halogens is 3. The van der Waals surface area contributed by atoms with Crippen LogP contribution in [0.1, 0.15) is 11.5 Å². The monoisotopic (exact) mass is 286 g/mol.